The van der Waals surface area contributed by atoms with E-state index < -0.39 is 6.10 Å². The van der Waals surface area contributed by atoms with E-state index in [0.29, 0.717) is 17.1 Å². The van der Waals surface area contributed by atoms with Crippen molar-refractivity contribution in [1.82, 2.24) is 0 Å². The second kappa shape index (κ2) is 7.05. The maximum atomic E-state index is 12.4. The Morgan fingerprint density at radius 1 is 1.04 bits per heavy atom. The molecular formula is C20H23NO4. The average Bonchev–Trinajstić information content (AvgIpc) is 2.98. The Balaban J connectivity index is 2.06. The minimum atomic E-state index is -0.488. The van der Waals surface area contributed by atoms with Gasteiger partial charge in [0.25, 0.3) is 0 Å². The molecule has 0 saturated carbocycles. The second-order valence-electron chi connectivity index (χ2n) is 5.81. The molecule has 0 spiro atoms. The molecule has 1 unspecified atom stereocenters. The fraction of sp³-hybridized carbons (Fsp3) is 0.350. The first kappa shape index (κ1) is 17.1. The first-order chi connectivity index (χ1) is 12.1. The SMILES string of the molecule is CCN(CC)c1ccc2c(c1)C(=O)OC2c1cccc(OC)c1OC. The van der Waals surface area contributed by atoms with Crippen LogP contribution in [0.5, 0.6) is 11.5 Å². The molecule has 5 nitrogen and oxygen atoms in total. The lowest BCUT2D eigenvalue weighted by atomic mass is 9.97. The molecule has 1 heterocycles. The number of rotatable bonds is 6. The predicted octanol–water partition coefficient (Wildman–Crippen LogP) is 3.81. The van der Waals surface area contributed by atoms with Crippen molar-refractivity contribution in [2.75, 3.05) is 32.2 Å². The quantitative estimate of drug-likeness (QED) is 0.748. The van der Waals surface area contributed by atoms with Crippen molar-refractivity contribution in [3.8, 4) is 11.5 Å². The molecule has 3 rings (SSSR count). The Morgan fingerprint density at radius 3 is 2.44 bits per heavy atom. The summed E-state index contributed by atoms with van der Waals surface area (Å²) in [6, 6.07) is 11.5. The monoisotopic (exact) mass is 341 g/mol. The Labute approximate surface area is 148 Å². The Kier molecular flexibility index (Phi) is 4.83. The second-order valence-corrected chi connectivity index (χ2v) is 5.81. The van der Waals surface area contributed by atoms with Crippen molar-refractivity contribution in [2.24, 2.45) is 0 Å². The van der Waals surface area contributed by atoms with Gasteiger partial charge in [-0.3, -0.25) is 0 Å². The normalized spacial score (nSPS) is 15.5. The molecule has 5 heteroatoms. The van der Waals surface area contributed by atoms with E-state index in [4.69, 9.17) is 14.2 Å². The van der Waals surface area contributed by atoms with Crippen molar-refractivity contribution in [3.05, 3.63) is 53.1 Å². The number of para-hydroxylation sites is 1. The Morgan fingerprint density at radius 2 is 1.80 bits per heavy atom. The van der Waals surface area contributed by atoms with Gasteiger partial charge in [0.05, 0.1) is 19.8 Å². The number of cyclic esters (lactones) is 1. The van der Waals surface area contributed by atoms with Crippen LogP contribution in [0.2, 0.25) is 0 Å². The molecule has 1 aliphatic rings. The zero-order valence-electron chi connectivity index (χ0n) is 15.0. The van der Waals surface area contributed by atoms with Gasteiger partial charge in [0.1, 0.15) is 0 Å². The molecular weight excluding hydrogens is 318 g/mol. The van der Waals surface area contributed by atoms with Crippen LogP contribution in [0.4, 0.5) is 5.69 Å². The maximum absolute atomic E-state index is 12.4. The summed E-state index contributed by atoms with van der Waals surface area (Å²) in [7, 11) is 3.18. The molecule has 0 N–H and O–H groups in total. The van der Waals surface area contributed by atoms with Crippen LogP contribution in [0.1, 0.15) is 41.4 Å². The van der Waals surface area contributed by atoms with Gasteiger partial charge in [-0.25, -0.2) is 4.79 Å². The molecule has 0 aliphatic carbocycles. The van der Waals surface area contributed by atoms with E-state index in [9.17, 15) is 4.79 Å². The number of carbonyl (C=O) groups is 1. The summed E-state index contributed by atoms with van der Waals surface area (Å²) in [5.74, 6) is 0.895. The van der Waals surface area contributed by atoms with Crippen LogP contribution in [0, 0.1) is 0 Å². The van der Waals surface area contributed by atoms with E-state index in [1.165, 1.54) is 0 Å². The molecule has 132 valence electrons. The lowest BCUT2D eigenvalue weighted by Crippen LogP contribution is -2.22. The molecule has 1 atom stereocenters. The van der Waals surface area contributed by atoms with Gasteiger partial charge < -0.3 is 19.1 Å². The lowest BCUT2D eigenvalue weighted by Gasteiger charge is -2.21. The highest BCUT2D eigenvalue weighted by molar-refractivity contribution is 5.96. The molecule has 0 saturated heterocycles. The number of esters is 1. The summed E-state index contributed by atoms with van der Waals surface area (Å²) in [6.07, 6.45) is -0.488. The van der Waals surface area contributed by atoms with Gasteiger partial charge in [0.2, 0.25) is 0 Å². The molecule has 0 bridgehead atoms. The molecule has 0 radical (unpaired) electrons. The number of hydrogen-bond donors (Lipinski definition) is 0. The summed E-state index contributed by atoms with van der Waals surface area (Å²) in [5.41, 5.74) is 3.27. The summed E-state index contributed by atoms with van der Waals surface area (Å²) in [4.78, 5) is 14.6. The Bertz CT molecular complexity index is 783. The highest BCUT2D eigenvalue weighted by Gasteiger charge is 2.35. The highest BCUT2D eigenvalue weighted by atomic mass is 16.6. The lowest BCUT2D eigenvalue weighted by molar-refractivity contribution is 0.0452. The van der Waals surface area contributed by atoms with Crippen LogP contribution in [0.25, 0.3) is 0 Å². The molecule has 1 aliphatic heterocycles. The van der Waals surface area contributed by atoms with Gasteiger partial charge in [-0.1, -0.05) is 18.2 Å². The van der Waals surface area contributed by atoms with Crippen LogP contribution in [-0.4, -0.2) is 33.3 Å². The number of benzene rings is 2. The first-order valence-electron chi connectivity index (χ1n) is 8.45. The summed E-state index contributed by atoms with van der Waals surface area (Å²) in [6.45, 7) is 5.97. The Hall–Kier alpha value is -2.69. The molecule has 0 fully saturated rings. The van der Waals surface area contributed by atoms with Gasteiger partial charge in [-0.15, -0.1) is 0 Å². The predicted molar refractivity (Wildman–Crippen MR) is 96.8 cm³/mol. The van der Waals surface area contributed by atoms with Crippen molar-refractivity contribution in [1.29, 1.82) is 0 Å². The summed E-state index contributed by atoms with van der Waals surface area (Å²) in [5, 5.41) is 0. The number of nitrogens with zero attached hydrogens (tertiary/aromatic N) is 1. The van der Waals surface area contributed by atoms with Crippen LogP contribution in [0.15, 0.2) is 36.4 Å². The van der Waals surface area contributed by atoms with Crippen LogP contribution in [-0.2, 0) is 4.74 Å². The molecule has 25 heavy (non-hydrogen) atoms. The van der Waals surface area contributed by atoms with Crippen molar-refractivity contribution >= 4 is 11.7 Å². The first-order valence-corrected chi connectivity index (χ1v) is 8.45. The maximum Gasteiger partial charge on any atom is 0.339 e. The number of anilines is 1. The van der Waals surface area contributed by atoms with Crippen molar-refractivity contribution < 1.29 is 19.0 Å². The standard InChI is InChI=1S/C20H23NO4/c1-5-21(6-2)13-10-11-14-16(12-13)20(22)25-18(14)15-8-7-9-17(23-3)19(15)24-4/h7-12,18H,5-6H2,1-4H3. The van der Waals surface area contributed by atoms with E-state index in [-0.39, 0.29) is 5.97 Å². The number of ether oxygens (including phenoxy) is 3. The van der Waals surface area contributed by atoms with Crippen LogP contribution < -0.4 is 14.4 Å². The van der Waals surface area contributed by atoms with Crippen LogP contribution >= 0.6 is 0 Å². The minimum absolute atomic E-state index is 0.307. The van der Waals surface area contributed by atoms with Gasteiger partial charge in [-0.2, -0.15) is 0 Å². The molecule has 0 aromatic heterocycles. The number of hydrogen-bond acceptors (Lipinski definition) is 5. The third-order valence-electron chi connectivity index (χ3n) is 4.61. The van der Waals surface area contributed by atoms with Crippen LogP contribution in [0.3, 0.4) is 0 Å². The zero-order valence-corrected chi connectivity index (χ0v) is 15.0. The number of fused-ring (bicyclic) bond motifs is 1. The minimum Gasteiger partial charge on any atom is -0.493 e. The van der Waals surface area contributed by atoms with E-state index in [1.54, 1.807) is 14.2 Å². The highest BCUT2D eigenvalue weighted by Crippen LogP contribution is 2.43. The fourth-order valence-electron chi connectivity index (χ4n) is 3.32. The van der Waals surface area contributed by atoms with Gasteiger partial charge in [0, 0.05) is 29.9 Å². The van der Waals surface area contributed by atoms with E-state index in [2.05, 4.69) is 18.7 Å². The molecule has 0 amide bonds. The van der Waals surface area contributed by atoms with E-state index in [1.807, 2.05) is 36.4 Å². The zero-order chi connectivity index (χ0) is 18.0. The van der Waals surface area contributed by atoms with E-state index >= 15 is 0 Å². The average molecular weight is 341 g/mol. The smallest absolute Gasteiger partial charge is 0.339 e. The number of methoxy groups -OCH3 is 2. The van der Waals surface area contributed by atoms with Crippen molar-refractivity contribution in [2.45, 2.75) is 20.0 Å². The van der Waals surface area contributed by atoms with Gasteiger partial charge >= 0.3 is 5.97 Å². The fourth-order valence-corrected chi connectivity index (χ4v) is 3.32. The number of carbonyl (C=O) groups excluding carboxylic acids is 1. The molecule has 2 aromatic rings. The van der Waals surface area contributed by atoms with E-state index in [0.717, 1.165) is 29.9 Å². The summed E-state index contributed by atoms with van der Waals surface area (Å²) >= 11 is 0. The third-order valence-corrected chi connectivity index (χ3v) is 4.61. The van der Waals surface area contributed by atoms with Gasteiger partial charge in [0.15, 0.2) is 17.6 Å². The largest absolute Gasteiger partial charge is 0.493 e. The summed E-state index contributed by atoms with van der Waals surface area (Å²) < 4.78 is 16.5. The van der Waals surface area contributed by atoms with Gasteiger partial charge in [-0.05, 0) is 32.0 Å². The van der Waals surface area contributed by atoms with Crippen molar-refractivity contribution in [3.63, 3.8) is 0 Å². The topological polar surface area (TPSA) is 48.0 Å². The molecule has 2 aromatic carbocycles. The third kappa shape index (κ3) is 2.90.